The molecule has 27 heavy (non-hydrogen) atoms. The lowest BCUT2D eigenvalue weighted by molar-refractivity contribution is 0.447. The van der Waals surface area contributed by atoms with Gasteiger partial charge in [0.05, 0.1) is 21.7 Å². The van der Waals surface area contributed by atoms with E-state index in [9.17, 15) is 0 Å². The van der Waals surface area contributed by atoms with Crippen LogP contribution in [0.3, 0.4) is 0 Å². The lowest BCUT2D eigenvalue weighted by atomic mass is 10.2. The fraction of sp³-hybridized carbons (Fsp3) is 0. The predicted octanol–water partition coefficient (Wildman–Crippen LogP) is 4.84. The Bertz CT molecular complexity index is 1150. The molecule has 0 fully saturated rings. The van der Waals surface area contributed by atoms with Crippen LogP contribution >= 0.6 is 23.2 Å². The number of nitrogens with zero attached hydrogens (tertiary/aromatic N) is 5. The second-order valence-corrected chi connectivity index (χ2v) is 6.23. The van der Waals surface area contributed by atoms with Gasteiger partial charge in [-0.15, -0.1) is 0 Å². The minimum Gasteiger partial charge on any atom is -0.436 e. The number of nitrogens with one attached hydrogen (secondary N) is 1. The highest BCUT2D eigenvalue weighted by molar-refractivity contribution is 6.37. The Hall–Kier alpha value is -3.34. The highest BCUT2D eigenvalue weighted by Crippen LogP contribution is 2.36. The summed E-state index contributed by atoms with van der Waals surface area (Å²) in [6, 6.07) is 15.8. The Morgan fingerprint density at radius 3 is 2.52 bits per heavy atom. The zero-order chi connectivity index (χ0) is 18.8. The Kier molecular flexibility index (Phi) is 4.50. The van der Waals surface area contributed by atoms with E-state index in [-0.39, 0.29) is 0 Å². The Labute approximate surface area is 163 Å². The van der Waals surface area contributed by atoms with Gasteiger partial charge >= 0.3 is 0 Å². The van der Waals surface area contributed by atoms with Crippen LogP contribution in [-0.2, 0) is 0 Å². The van der Waals surface area contributed by atoms with Crippen molar-refractivity contribution in [3.63, 3.8) is 0 Å². The second kappa shape index (κ2) is 7.11. The highest BCUT2D eigenvalue weighted by Gasteiger charge is 2.14. The van der Waals surface area contributed by atoms with Crippen molar-refractivity contribution in [2.75, 3.05) is 5.32 Å². The fourth-order valence-electron chi connectivity index (χ4n) is 2.38. The summed E-state index contributed by atoms with van der Waals surface area (Å²) < 4.78 is 7.33. The maximum absolute atomic E-state index is 8.90. The number of anilines is 2. The Balaban J connectivity index is 1.72. The minimum atomic E-state index is 0.313. The summed E-state index contributed by atoms with van der Waals surface area (Å²) in [5.41, 5.74) is 1.32. The van der Waals surface area contributed by atoms with Crippen molar-refractivity contribution >= 4 is 40.5 Å². The van der Waals surface area contributed by atoms with Crippen LogP contribution < -0.4 is 10.1 Å². The van der Waals surface area contributed by atoms with E-state index in [0.29, 0.717) is 38.8 Å². The lowest BCUT2D eigenvalue weighted by Crippen LogP contribution is -2.02. The molecule has 9 heteroatoms. The van der Waals surface area contributed by atoms with Gasteiger partial charge in [0.1, 0.15) is 12.1 Å². The fourth-order valence-corrected chi connectivity index (χ4v) is 2.86. The first-order chi connectivity index (χ1) is 13.1. The molecule has 0 saturated carbocycles. The standard InChI is InChI=1S/C18H10Cl2N6O/c19-13-2-1-3-14(20)17(13)27-16-8-15(25-18-22-10-23-26(16)18)24-12-6-4-11(9-21)5-7-12/h1-8,10H,(H,22,23,24,25). The quantitative estimate of drug-likeness (QED) is 0.530. The smallest absolute Gasteiger partial charge is 0.257 e. The van der Waals surface area contributed by atoms with Crippen LogP contribution in [-0.4, -0.2) is 19.6 Å². The first kappa shape index (κ1) is 17.1. The third-order valence-corrected chi connectivity index (χ3v) is 4.23. The molecule has 0 bridgehead atoms. The van der Waals surface area contributed by atoms with Crippen molar-refractivity contribution in [2.24, 2.45) is 0 Å². The number of ether oxygens (including phenoxy) is 1. The van der Waals surface area contributed by atoms with Crippen LogP contribution in [0.25, 0.3) is 5.78 Å². The number of fused-ring (bicyclic) bond motifs is 1. The Morgan fingerprint density at radius 2 is 1.81 bits per heavy atom. The van der Waals surface area contributed by atoms with E-state index in [1.54, 1.807) is 48.5 Å². The van der Waals surface area contributed by atoms with E-state index in [0.717, 1.165) is 5.69 Å². The van der Waals surface area contributed by atoms with E-state index in [4.69, 9.17) is 33.2 Å². The van der Waals surface area contributed by atoms with Gasteiger partial charge in [-0.25, -0.2) is 0 Å². The van der Waals surface area contributed by atoms with Crippen molar-refractivity contribution in [1.29, 1.82) is 5.26 Å². The van der Waals surface area contributed by atoms with E-state index >= 15 is 0 Å². The average Bonchev–Trinajstić information content (AvgIpc) is 3.14. The summed E-state index contributed by atoms with van der Waals surface area (Å²) in [5, 5.41) is 16.9. The second-order valence-electron chi connectivity index (χ2n) is 5.42. The Morgan fingerprint density at radius 1 is 1.07 bits per heavy atom. The first-order valence-electron chi connectivity index (χ1n) is 7.74. The van der Waals surface area contributed by atoms with Crippen molar-refractivity contribution < 1.29 is 4.74 Å². The molecule has 0 aliphatic carbocycles. The number of para-hydroxylation sites is 1. The van der Waals surface area contributed by atoms with E-state index < -0.39 is 0 Å². The molecule has 0 atom stereocenters. The van der Waals surface area contributed by atoms with Crippen LogP contribution in [0, 0.1) is 11.3 Å². The summed E-state index contributed by atoms with van der Waals surface area (Å²) in [6.07, 6.45) is 1.37. The van der Waals surface area contributed by atoms with Crippen LogP contribution in [0.15, 0.2) is 54.9 Å². The molecule has 0 aliphatic rings. The largest absolute Gasteiger partial charge is 0.436 e. The van der Waals surface area contributed by atoms with Crippen LogP contribution in [0.2, 0.25) is 10.0 Å². The summed E-state index contributed by atoms with van der Waals surface area (Å²) in [6.45, 7) is 0. The van der Waals surface area contributed by atoms with Crippen molar-refractivity contribution in [1.82, 2.24) is 19.6 Å². The molecule has 132 valence electrons. The van der Waals surface area contributed by atoms with E-state index in [1.165, 1.54) is 10.8 Å². The van der Waals surface area contributed by atoms with Gasteiger partial charge in [-0.3, -0.25) is 0 Å². The first-order valence-corrected chi connectivity index (χ1v) is 8.49. The molecule has 0 spiro atoms. The number of rotatable bonds is 4. The molecular weight excluding hydrogens is 387 g/mol. The highest BCUT2D eigenvalue weighted by atomic mass is 35.5. The van der Waals surface area contributed by atoms with Crippen molar-refractivity contribution in [2.45, 2.75) is 0 Å². The number of halogens is 2. The molecule has 2 aromatic carbocycles. The molecule has 0 radical (unpaired) electrons. The van der Waals surface area contributed by atoms with Gasteiger partial charge in [0.25, 0.3) is 5.78 Å². The molecule has 1 N–H and O–H groups in total. The minimum absolute atomic E-state index is 0.313. The van der Waals surface area contributed by atoms with E-state index in [2.05, 4.69) is 26.5 Å². The molecule has 0 aliphatic heterocycles. The van der Waals surface area contributed by atoms with Crippen LogP contribution in [0.1, 0.15) is 5.56 Å². The molecule has 0 amide bonds. The van der Waals surface area contributed by atoms with E-state index in [1.807, 2.05) is 0 Å². The molecule has 0 saturated heterocycles. The topological polar surface area (TPSA) is 88.1 Å². The third-order valence-electron chi connectivity index (χ3n) is 3.63. The summed E-state index contributed by atoms with van der Waals surface area (Å²) in [7, 11) is 0. The number of nitriles is 1. The molecule has 4 rings (SSSR count). The number of hydrogen-bond acceptors (Lipinski definition) is 6. The maximum Gasteiger partial charge on any atom is 0.257 e. The normalized spacial score (nSPS) is 10.6. The summed E-state index contributed by atoms with van der Waals surface area (Å²) in [5.74, 6) is 1.47. The molecule has 2 heterocycles. The average molecular weight is 397 g/mol. The van der Waals surface area contributed by atoms with Gasteiger partial charge in [0.2, 0.25) is 5.88 Å². The predicted molar refractivity (Wildman–Crippen MR) is 102 cm³/mol. The van der Waals surface area contributed by atoms with Gasteiger partial charge in [0, 0.05) is 11.8 Å². The van der Waals surface area contributed by atoms with Crippen molar-refractivity contribution in [3.8, 4) is 17.7 Å². The molecule has 0 unspecified atom stereocenters. The van der Waals surface area contributed by atoms with Gasteiger partial charge in [0.15, 0.2) is 5.75 Å². The number of aromatic nitrogens is 4. The number of hydrogen-bond donors (Lipinski definition) is 1. The van der Waals surface area contributed by atoms with Gasteiger partial charge in [-0.2, -0.15) is 24.8 Å². The van der Waals surface area contributed by atoms with Gasteiger partial charge < -0.3 is 10.1 Å². The maximum atomic E-state index is 8.90. The molecule has 2 aromatic heterocycles. The summed E-state index contributed by atoms with van der Waals surface area (Å²) in [4.78, 5) is 8.49. The zero-order valence-corrected chi connectivity index (χ0v) is 15.1. The summed E-state index contributed by atoms with van der Waals surface area (Å²) >= 11 is 12.4. The van der Waals surface area contributed by atoms with Crippen molar-refractivity contribution in [3.05, 3.63) is 70.5 Å². The third kappa shape index (κ3) is 3.49. The van der Waals surface area contributed by atoms with Gasteiger partial charge in [-0.1, -0.05) is 29.3 Å². The molecule has 4 aromatic rings. The molecular formula is C18H10Cl2N6O. The SMILES string of the molecule is N#Cc1ccc(Nc2cc(Oc3c(Cl)cccc3Cl)n3ncnc3n2)cc1. The zero-order valence-electron chi connectivity index (χ0n) is 13.6. The van der Waals surface area contributed by atoms with Crippen LogP contribution in [0.5, 0.6) is 11.6 Å². The lowest BCUT2D eigenvalue weighted by Gasteiger charge is -2.12. The molecule has 7 nitrogen and oxygen atoms in total. The van der Waals surface area contributed by atoms with Gasteiger partial charge in [-0.05, 0) is 36.4 Å². The van der Waals surface area contributed by atoms with Crippen LogP contribution in [0.4, 0.5) is 11.5 Å². The number of benzene rings is 2. The monoisotopic (exact) mass is 396 g/mol.